The number of thiocarbonyl (C=S) groups is 1. The fraction of sp³-hybridized carbons (Fsp3) is 0.120. The third-order valence-electron chi connectivity index (χ3n) is 4.34. The standard InChI is InChI=1S/C25H24N2O2S/c1-18(2)17-29-22-15-9-14-21(16-22)26-25(30)27-24(28)23(19-10-5-3-6-11-19)20-12-7-4-8-13-20/h3-16,23H,1,17H2,2H3,(H2,26,27,28,30). The first-order valence-corrected chi connectivity index (χ1v) is 10.0. The van der Waals surface area contributed by atoms with Gasteiger partial charge in [-0.1, -0.05) is 73.3 Å². The molecule has 3 rings (SSSR count). The zero-order valence-corrected chi connectivity index (χ0v) is 17.6. The summed E-state index contributed by atoms with van der Waals surface area (Å²) in [6.45, 7) is 6.18. The van der Waals surface area contributed by atoms with E-state index in [0.717, 1.165) is 22.4 Å². The van der Waals surface area contributed by atoms with Crippen molar-refractivity contribution in [2.75, 3.05) is 11.9 Å². The fourth-order valence-corrected chi connectivity index (χ4v) is 3.22. The number of hydrogen-bond donors (Lipinski definition) is 2. The fourth-order valence-electron chi connectivity index (χ4n) is 3.00. The highest BCUT2D eigenvalue weighted by Gasteiger charge is 2.23. The lowest BCUT2D eigenvalue weighted by Gasteiger charge is -2.19. The predicted octanol–water partition coefficient (Wildman–Crippen LogP) is 5.29. The van der Waals surface area contributed by atoms with Crippen molar-refractivity contribution in [1.82, 2.24) is 5.32 Å². The number of amides is 1. The highest BCUT2D eigenvalue weighted by Crippen LogP contribution is 2.25. The first-order chi connectivity index (χ1) is 14.5. The van der Waals surface area contributed by atoms with E-state index in [1.807, 2.05) is 91.9 Å². The van der Waals surface area contributed by atoms with Gasteiger partial charge in [-0.25, -0.2) is 0 Å². The average Bonchev–Trinajstić information content (AvgIpc) is 2.74. The van der Waals surface area contributed by atoms with Crippen LogP contribution in [0.3, 0.4) is 0 Å². The molecule has 152 valence electrons. The molecule has 2 N–H and O–H groups in total. The molecule has 3 aromatic rings. The maximum absolute atomic E-state index is 13.1. The first kappa shape index (κ1) is 21.3. The molecule has 0 heterocycles. The molecular formula is C25H24N2O2S. The van der Waals surface area contributed by atoms with E-state index in [1.54, 1.807) is 0 Å². The molecule has 0 saturated carbocycles. The van der Waals surface area contributed by atoms with Gasteiger partial charge in [-0.15, -0.1) is 0 Å². The van der Waals surface area contributed by atoms with Gasteiger partial charge in [0.1, 0.15) is 12.4 Å². The Morgan fingerprint density at radius 2 is 1.57 bits per heavy atom. The number of carbonyl (C=O) groups is 1. The Bertz CT molecular complexity index is 980. The van der Waals surface area contributed by atoms with Crippen LogP contribution in [-0.2, 0) is 4.79 Å². The summed E-state index contributed by atoms with van der Waals surface area (Å²) < 4.78 is 5.65. The van der Waals surface area contributed by atoms with Crippen LogP contribution in [0.5, 0.6) is 5.75 Å². The van der Waals surface area contributed by atoms with E-state index in [0.29, 0.717) is 12.4 Å². The minimum absolute atomic E-state index is 0.195. The molecule has 0 saturated heterocycles. The SMILES string of the molecule is C=C(C)COc1cccc(NC(=S)NC(=O)C(c2ccccc2)c2ccccc2)c1. The van der Waals surface area contributed by atoms with Crippen LogP contribution in [0.2, 0.25) is 0 Å². The molecule has 0 unspecified atom stereocenters. The molecule has 30 heavy (non-hydrogen) atoms. The second-order valence-electron chi connectivity index (χ2n) is 6.97. The lowest BCUT2D eigenvalue weighted by atomic mass is 9.90. The molecular weight excluding hydrogens is 392 g/mol. The van der Waals surface area contributed by atoms with E-state index in [9.17, 15) is 4.79 Å². The van der Waals surface area contributed by atoms with Crippen LogP contribution in [-0.4, -0.2) is 17.6 Å². The van der Waals surface area contributed by atoms with Gasteiger partial charge < -0.3 is 15.4 Å². The van der Waals surface area contributed by atoms with Crippen LogP contribution >= 0.6 is 12.2 Å². The number of anilines is 1. The van der Waals surface area contributed by atoms with Crippen LogP contribution in [0.25, 0.3) is 0 Å². The van der Waals surface area contributed by atoms with Crippen LogP contribution in [0, 0.1) is 0 Å². The molecule has 0 aliphatic carbocycles. The number of ether oxygens (including phenoxy) is 1. The largest absolute Gasteiger partial charge is 0.489 e. The van der Waals surface area contributed by atoms with Gasteiger partial charge in [0, 0.05) is 11.8 Å². The van der Waals surface area contributed by atoms with Crippen molar-refractivity contribution in [3.63, 3.8) is 0 Å². The minimum atomic E-state index is -0.461. The number of carbonyl (C=O) groups excluding carboxylic acids is 1. The first-order valence-electron chi connectivity index (χ1n) is 9.62. The molecule has 0 bridgehead atoms. The monoisotopic (exact) mass is 416 g/mol. The van der Waals surface area contributed by atoms with Gasteiger partial charge in [-0.3, -0.25) is 4.79 Å². The summed E-state index contributed by atoms with van der Waals surface area (Å²) in [6, 6.07) is 26.7. The van der Waals surface area contributed by atoms with Gasteiger partial charge in [0.25, 0.3) is 0 Å². The number of hydrogen-bond acceptors (Lipinski definition) is 3. The quantitative estimate of drug-likeness (QED) is 0.406. The predicted molar refractivity (Wildman–Crippen MR) is 126 cm³/mol. The normalized spacial score (nSPS) is 10.3. The zero-order chi connectivity index (χ0) is 21.3. The molecule has 0 aliphatic rings. The summed E-state index contributed by atoms with van der Waals surface area (Å²) in [5.74, 6) is 0.0422. The van der Waals surface area contributed by atoms with E-state index in [-0.39, 0.29) is 11.0 Å². The molecule has 0 radical (unpaired) electrons. The summed E-state index contributed by atoms with van der Waals surface area (Å²) in [5, 5.41) is 6.11. The summed E-state index contributed by atoms with van der Waals surface area (Å²) in [6.07, 6.45) is 0. The molecule has 1 amide bonds. The van der Waals surface area contributed by atoms with Gasteiger partial charge >= 0.3 is 0 Å². The second kappa shape index (κ2) is 10.4. The van der Waals surface area contributed by atoms with Crippen LogP contribution in [0.4, 0.5) is 5.69 Å². The molecule has 0 atom stereocenters. The number of rotatable bonds is 7. The highest BCUT2D eigenvalue weighted by molar-refractivity contribution is 7.80. The van der Waals surface area contributed by atoms with Crippen molar-refractivity contribution in [1.29, 1.82) is 0 Å². The zero-order valence-electron chi connectivity index (χ0n) is 16.8. The molecule has 3 aromatic carbocycles. The second-order valence-corrected chi connectivity index (χ2v) is 7.38. The van der Waals surface area contributed by atoms with Crippen LogP contribution < -0.4 is 15.4 Å². The van der Waals surface area contributed by atoms with Crippen molar-refractivity contribution in [2.24, 2.45) is 0 Å². The third-order valence-corrected chi connectivity index (χ3v) is 4.55. The van der Waals surface area contributed by atoms with E-state index >= 15 is 0 Å². The Morgan fingerprint density at radius 3 is 2.13 bits per heavy atom. The van der Waals surface area contributed by atoms with E-state index in [4.69, 9.17) is 17.0 Å². The van der Waals surface area contributed by atoms with Gasteiger partial charge in [0.15, 0.2) is 5.11 Å². The van der Waals surface area contributed by atoms with Crippen LogP contribution in [0.15, 0.2) is 97.1 Å². The summed E-state index contributed by atoms with van der Waals surface area (Å²) in [4.78, 5) is 13.1. The Morgan fingerprint density at radius 1 is 0.967 bits per heavy atom. The summed E-state index contributed by atoms with van der Waals surface area (Å²) in [5.41, 5.74) is 3.47. The molecule has 5 heteroatoms. The van der Waals surface area contributed by atoms with Crippen molar-refractivity contribution in [3.05, 3.63) is 108 Å². The Hall–Kier alpha value is -3.44. The molecule has 0 fully saturated rings. The van der Waals surface area contributed by atoms with Gasteiger partial charge in [-0.2, -0.15) is 0 Å². The molecule has 0 aliphatic heterocycles. The lowest BCUT2D eigenvalue weighted by Crippen LogP contribution is -2.37. The van der Waals surface area contributed by atoms with Crippen molar-refractivity contribution in [2.45, 2.75) is 12.8 Å². The Kier molecular flexibility index (Phi) is 7.35. The third kappa shape index (κ3) is 6.03. The van der Waals surface area contributed by atoms with Gasteiger partial charge in [-0.05, 0) is 48.0 Å². The Balaban J connectivity index is 1.71. The lowest BCUT2D eigenvalue weighted by molar-refractivity contribution is -0.120. The summed E-state index contributed by atoms with van der Waals surface area (Å²) >= 11 is 5.38. The Labute approximate surface area is 182 Å². The molecule has 4 nitrogen and oxygen atoms in total. The van der Waals surface area contributed by atoms with E-state index in [2.05, 4.69) is 17.2 Å². The average molecular weight is 417 g/mol. The minimum Gasteiger partial charge on any atom is -0.489 e. The van der Waals surface area contributed by atoms with E-state index < -0.39 is 5.92 Å². The maximum atomic E-state index is 13.1. The summed E-state index contributed by atoms with van der Waals surface area (Å²) in [7, 11) is 0. The molecule has 0 aromatic heterocycles. The van der Waals surface area contributed by atoms with Crippen molar-refractivity contribution >= 4 is 28.9 Å². The smallest absolute Gasteiger partial charge is 0.238 e. The number of nitrogens with one attached hydrogen (secondary N) is 2. The molecule has 0 spiro atoms. The van der Waals surface area contributed by atoms with Gasteiger partial charge in [0.2, 0.25) is 5.91 Å². The van der Waals surface area contributed by atoms with Crippen LogP contribution in [0.1, 0.15) is 24.0 Å². The maximum Gasteiger partial charge on any atom is 0.238 e. The van der Waals surface area contributed by atoms with Crippen molar-refractivity contribution in [3.8, 4) is 5.75 Å². The van der Waals surface area contributed by atoms with Crippen molar-refractivity contribution < 1.29 is 9.53 Å². The number of benzene rings is 3. The highest BCUT2D eigenvalue weighted by atomic mass is 32.1. The topological polar surface area (TPSA) is 50.4 Å². The van der Waals surface area contributed by atoms with Gasteiger partial charge in [0.05, 0.1) is 5.92 Å². The van der Waals surface area contributed by atoms with E-state index in [1.165, 1.54) is 0 Å².